The summed E-state index contributed by atoms with van der Waals surface area (Å²) in [5, 5.41) is 4.39. The number of hydrogen-bond acceptors (Lipinski definition) is 5. The maximum Gasteiger partial charge on any atom is 0.267 e. The van der Waals surface area contributed by atoms with Gasteiger partial charge in [-0.3, -0.25) is 4.79 Å². The van der Waals surface area contributed by atoms with Crippen molar-refractivity contribution in [3.8, 4) is 0 Å². The van der Waals surface area contributed by atoms with Crippen LogP contribution < -0.4 is 16.0 Å². The van der Waals surface area contributed by atoms with Gasteiger partial charge in [0.25, 0.3) is 5.91 Å². The lowest BCUT2D eigenvalue weighted by molar-refractivity contribution is 0.103. The SMILES string of the molecule is Cc1ccc(NC(=O)c2sc3nc4c(cc3c2N)N2CCC4CC2)cc1Cl. The van der Waals surface area contributed by atoms with Gasteiger partial charge in [0.2, 0.25) is 0 Å². The van der Waals surface area contributed by atoms with Crippen molar-refractivity contribution >= 4 is 56.1 Å². The molecule has 3 aliphatic heterocycles. The van der Waals surface area contributed by atoms with Crippen molar-refractivity contribution in [1.29, 1.82) is 0 Å². The summed E-state index contributed by atoms with van der Waals surface area (Å²) >= 11 is 7.52. The lowest BCUT2D eigenvalue weighted by Gasteiger charge is -2.41. The Hall–Kier alpha value is -2.31. The second kappa shape index (κ2) is 6.11. The van der Waals surface area contributed by atoms with E-state index >= 15 is 0 Å². The molecule has 1 aromatic carbocycles. The van der Waals surface area contributed by atoms with Crippen LogP contribution in [-0.4, -0.2) is 24.0 Å². The molecule has 0 saturated carbocycles. The number of nitrogens with zero attached hydrogens (tertiary/aromatic N) is 2. The quantitative estimate of drug-likeness (QED) is 0.651. The van der Waals surface area contributed by atoms with Gasteiger partial charge in [-0.25, -0.2) is 4.98 Å². The molecule has 138 valence electrons. The van der Waals surface area contributed by atoms with Crippen molar-refractivity contribution in [3.63, 3.8) is 0 Å². The Morgan fingerprint density at radius 1 is 1.33 bits per heavy atom. The fraction of sp³-hybridized carbons (Fsp3) is 0.300. The molecule has 1 fully saturated rings. The minimum absolute atomic E-state index is 0.225. The third-order valence-electron chi connectivity index (χ3n) is 5.59. The fourth-order valence-corrected chi connectivity index (χ4v) is 5.18. The Kier molecular flexibility index (Phi) is 3.81. The molecule has 3 N–H and O–H groups in total. The van der Waals surface area contributed by atoms with Gasteiger partial charge in [0.15, 0.2) is 0 Å². The zero-order chi connectivity index (χ0) is 18.7. The number of carbonyl (C=O) groups excluding carboxylic acids is 1. The van der Waals surface area contributed by atoms with Crippen molar-refractivity contribution in [2.24, 2.45) is 0 Å². The second-order valence-electron chi connectivity index (χ2n) is 7.27. The minimum Gasteiger partial charge on any atom is -0.397 e. The highest BCUT2D eigenvalue weighted by Gasteiger charge is 2.33. The highest BCUT2D eigenvalue weighted by Crippen LogP contribution is 2.45. The molecule has 6 rings (SSSR count). The van der Waals surface area contributed by atoms with E-state index in [1.807, 2.05) is 19.1 Å². The van der Waals surface area contributed by atoms with Crippen LogP contribution in [0.15, 0.2) is 24.3 Å². The molecule has 2 bridgehead atoms. The Bertz CT molecular complexity index is 1090. The van der Waals surface area contributed by atoms with Crippen LogP contribution in [0.25, 0.3) is 10.2 Å². The lowest BCUT2D eigenvalue weighted by Crippen LogP contribution is -2.39. The number of aromatic nitrogens is 1. The van der Waals surface area contributed by atoms with Crippen molar-refractivity contribution < 1.29 is 4.79 Å². The molecule has 3 aliphatic rings. The van der Waals surface area contributed by atoms with Crippen LogP contribution in [0.5, 0.6) is 0 Å². The van der Waals surface area contributed by atoms with Crippen molar-refractivity contribution in [3.05, 3.63) is 45.4 Å². The topological polar surface area (TPSA) is 71.2 Å². The molecular formula is C20H19ClN4OS. The van der Waals surface area contributed by atoms with Gasteiger partial charge >= 0.3 is 0 Å². The number of piperidine rings is 1. The fourth-order valence-electron chi connectivity index (χ4n) is 4.02. The van der Waals surface area contributed by atoms with E-state index in [0.29, 0.717) is 27.2 Å². The first kappa shape index (κ1) is 16.8. The summed E-state index contributed by atoms with van der Waals surface area (Å²) in [4.78, 5) is 21.4. The maximum atomic E-state index is 12.8. The number of rotatable bonds is 2. The molecule has 3 aromatic rings. The number of thiophene rings is 1. The summed E-state index contributed by atoms with van der Waals surface area (Å²) in [5.74, 6) is 0.307. The van der Waals surface area contributed by atoms with Gasteiger partial charge in [0.05, 0.1) is 17.1 Å². The zero-order valence-corrected chi connectivity index (χ0v) is 16.5. The number of amides is 1. The number of nitrogens with one attached hydrogen (secondary N) is 1. The van der Waals surface area contributed by atoms with E-state index in [4.69, 9.17) is 22.3 Å². The monoisotopic (exact) mass is 398 g/mol. The van der Waals surface area contributed by atoms with Gasteiger partial charge < -0.3 is 16.0 Å². The number of fused-ring (bicyclic) bond motifs is 3. The highest BCUT2D eigenvalue weighted by molar-refractivity contribution is 7.21. The van der Waals surface area contributed by atoms with Gasteiger partial charge in [-0.05, 0) is 43.5 Å². The molecule has 5 nitrogen and oxygen atoms in total. The van der Waals surface area contributed by atoms with E-state index in [2.05, 4.69) is 16.3 Å². The maximum absolute atomic E-state index is 12.8. The van der Waals surface area contributed by atoms with Crippen LogP contribution in [0.2, 0.25) is 5.02 Å². The predicted molar refractivity (Wildman–Crippen MR) is 112 cm³/mol. The summed E-state index contributed by atoms with van der Waals surface area (Å²) in [5.41, 5.74) is 10.8. The number of benzene rings is 1. The third-order valence-corrected chi connectivity index (χ3v) is 7.11. The number of nitrogens with two attached hydrogens (primary N) is 1. The highest BCUT2D eigenvalue weighted by atomic mass is 35.5. The van der Waals surface area contributed by atoms with E-state index < -0.39 is 0 Å². The molecule has 1 amide bonds. The molecule has 0 radical (unpaired) electrons. The molecule has 2 aromatic heterocycles. The number of hydrogen-bond donors (Lipinski definition) is 2. The van der Waals surface area contributed by atoms with Crippen molar-refractivity contribution in [2.75, 3.05) is 29.0 Å². The number of nitrogen functional groups attached to an aromatic ring is 1. The van der Waals surface area contributed by atoms with Gasteiger partial charge in [0.1, 0.15) is 9.71 Å². The number of pyridine rings is 1. The van der Waals surface area contributed by atoms with Crippen LogP contribution in [0.4, 0.5) is 17.1 Å². The van der Waals surface area contributed by atoms with E-state index in [1.54, 1.807) is 6.07 Å². The Balaban J connectivity index is 1.53. The number of anilines is 3. The standard InChI is InChI=1S/C20H19ClN4OS/c1-10-2-3-12(8-14(10)21)23-19(26)18-16(22)13-9-15-17(24-20(13)27-18)11-4-6-25(15)7-5-11/h2-3,8-9,11H,4-7,22H2,1H3,(H,23,26). The molecule has 27 heavy (non-hydrogen) atoms. The van der Waals surface area contributed by atoms with Gasteiger partial charge in [0, 0.05) is 35.1 Å². The number of carbonyl (C=O) groups is 1. The zero-order valence-electron chi connectivity index (χ0n) is 14.9. The minimum atomic E-state index is -0.225. The lowest BCUT2D eigenvalue weighted by atomic mass is 9.86. The molecule has 0 spiro atoms. The predicted octanol–water partition coefficient (Wildman–Crippen LogP) is 4.79. The Morgan fingerprint density at radius 3 is 2.85 bits per heavy atom. The van der Waals surface area contributed by atoms with Gasteiger partial charge in [-0.2, -0.15) is 0 Å². The van der Waals surface area contributed by atoms with Crippen LogP contribution in [0.1, 0.15) is 39.7 Å². The molecular weight excluding hydrogens is 380 g/mol. The average Bonchev–Trinajstić information content (AvgIpc) is 3.00. The van der Waals surface area contributed by atoms with Crippen molar-refractivity contribution in [1.82, 2.24) is 4.98 Å². The molecule has 0 atom stereocenters. The van der Waals surface area contributed by atoms with Gasteiger partial charge in [-0.1, -0.05) is 17.7 Å². The van der Waals surface area contributed by atoms with Crippen molar-refractivity contribution in [2.45, 2.75) is 25.7 Å². The first-order valence-electron chi connectivity index (χ1n) is 9.06. The summed E-state index contributed by atoms with van der Waals surface area (Å²) < 4.78 is 0. The molecule has 1 saturated heterocycles. The summed E-state index contributed by atoms with van der Waals surface area (Å²) in [6, 6.07) is 7.59. The molecule has 0 unspecified atom stereocenters. The van der Waals surface area contributed by atoms with E-state index in [0.717, 1.165) is 41.7 Å². The largest absolute Gasteiger partial charge is 0.397 e. The molecule has 5 heterocycles. The third kappa shape index (κ3) is 2.66. The van der Waals surface area contributed by atoms with E-state index in [9.17, 15) is 4.79 Å². The molecule has 7 heteroatoms. The van der Waals surface area contributed by atoms with Crippen LogP contribution in [0.3, 0.4) is 0 Å². The number of halogens is 1. The summed E-state index contributed by atoms with van der Waals surface area (Å²) in [7, 11) is 0. The normalized spacial score (nSPS) is 16.0. The van der Waals surface area contributed by atoms with E-state index in [1.165, 1.54) is 22.7 Å². The average molecular weight is 399 g/mol. The first-order chi connectivity index (χ1) is 13.0. The molecule has 0 aliphatic carbocycles. The van der Waals surface area contributed by atoms with E-state index in [-0.39, 0.29) is 5.91 Å². The van der Waals surface area contributed by atoms with Gasteiger partial charge in [-0.15, -0.1) is 11.3 Å². The smallest absolute Gasteiger partial charge is 0.267 e. The Labute approximate surface area is 166 Å². The number of aryl methyl sites for hydroxylation is 1. The van der Waals surface area contributed by atoms with Crippen LogP contribution in [-0.2, 0) is 0 Å². The summed E-state index contributed by atoms with van der Waals surface area (Å²) in [6.45, 7) is 4.08. The van der Waals surface area contributed by atoms with Crippen LogP contribution >= 0.6 is 22.9 Å². The Morgan fingerprint density at radius 2 is 2.11 bits per heavy atom. The summed E-state index contributed by atoms with van der Waals surface area (Å²) in [6.07, 6.45) is 2.32. The first-order valence-corrected chi connectivity index (χ1v) is 10.3. The second-order valence-corrected chi connectivity index (χ2v) is 8.68. The van der Waals surface area contributed by atoms with Crippen LogP contribution in [0, 0.1) is 6.92 Å².